The Hall–Kier alpha value is -1.53. The monoisotopic (exact) mass is 296 g/mol. The van der Waals surface area contributed by atoms with E-state index >= 15 is 0 Å². The van der Waals surface area contributed by atoms with Gasteiger partial charge in [-0.25, -0.2) is 4.79 Å². The Morgan fingerprint density at radius 3 is 2.52 bits per heavy atom. The van der Waals surface area contributed by atoms with Gasteiger partial charge in [0.15, 0.2) is 0 Å². The molecule has 0 aliphatic heterocycles. The summed E-state index contributed by atoms with van der Waals surface area (Å²) >= 11 is 0. The van der Waals surface area contributed by atoms with Crippen molar-refractivity contribution in [1.29, 1.82) is 0 Å². The van der Waals surface area contributed by atoms with Crippen LogP contribution in [0.25, 0.3) is 0 Å². The largest absolute Gasteiger partial charge is 0.466 e. The van der Waals surface area contributed by atoms with Crippen molar-refractivity contribution >= 4 is 17.5 Å². The topological polar surface area (TPSA) is 101 Å². The van der Waals surface area contributed by atoms with E-state index in [2.05, 4.69) is 11.3 Å². The molecule has 116 valence electrons. The molecular formula is C15H20O6. The van der Waals surface area contributed by atoms with E-state index in [1.165, 1.54) is 7.11 Å². The fourth-order valence-corrected chi connectivity index (χ4v) is 3.72. The van der Waals surface area contributed by atoms with Crippen molar-refractivity contribution in [1.82, 2.24) is 0 Å². The fraction of sp³-hybridized carbons (Fsp3) is 0.667. The zero-order chi connectivity index (χ0) is 15.9. The smallest absolute Gasteiger partial charge is 0.333 e. The molecule has 0 aromatic rings. The van der Waals surface area contributed by atoms with Crippen LogP contribution in [-0.2, 0) is 19.1 Å². The number of methoxy groups -OCH3 is 1. The summed E-state index contributed by atoms with van der Waals surface area (Å²) in [6.45, 7) is 5.16. The van der Waals surface area contributed by atoms with E-state index in [1.54, 1.807) is 6.92 Å². The van der Waals surface area contributed by atoms with Gasteiger partial charge in [0.05, 0.1) is 25.2 Å². The summed E-state index contributed by atoms with van der Waals surface area (Å²) < 4.78 is 4.56. The van der Waals surface area contributed by atoms with E-state index in [-0.39, 0.29) is 36.4 Å². The number of ketones is 2. The molecule has 2 rings (SSSR count). The Morgan fingerprint density at radius 2 is 1.95 bits per heavy atom. The molecule has 21 heavy (non-hydrogen) atoms. The Kier molecular flexibility index (Phi) is 4.04. The van der Waals surface area contributed by atoms with Gasteiger partial charge < -0.3 is 14.9 Å². The van der Waals surface area contributed by atoms with Gasteiger partial charge >= 0.3 is 5.97 Å². The molecule has 0 saturated heterocycles. The van der Waals surface area contributed by atoms with E-state index < -0.39 is 35.4 Å². The van der Waals surface area contributed by atoms with Crippen molar-refractivity contribution in [3.63, 3.8) is 0 Å². The molecule has 0 aromatic heterocycles. The highest BCUT2D eigenvalue weighted by Crippen LogP contribution is 2.50. The van der Waals surface area contributed by atoms with Gasteiger partial charge in [-0.2, -0.15) is 0 Å². The van der Waals surface area contributed by atoms with Crippen LogP contribution in [0.3, 0.4) is 0 Å². The van der Waals surface area contributed by atoms with Crippen LogP contribution in [0.5, 0.6) is 0 Å². The second-order valence-corrected chi connectivity index (χ2v) is 6.09. The van der Waals surface area contributed by atoms with Gasteiger partial charge in [0, 0.05) is 29.7 Å². The van der Waals surface area contributed by atoms with Gasteiger partial charge in [0.25, 0.3) is 0 Å². The summed E-state index contributed by atoms with van der Waals surface area (Å²) in [5, 5.41) is 20.8. The minimum absolute atomic E-state index is 0.0278. The van der Waals surface area contributed by atoms with Crippen LogP contribution in [0.4, 0.5) is 0 Å². The summed E-state index contributed by atoms with van der Waals surface area (Å²) in [5.41, 5.74) is -1.16. The number of ether oxygens (including phenoxy) is 1. The third-order valence-electron chi connectivity index (χ3n) is 4.88. The molecule has 2 fully saturated rings. The third-order valence-corrected chi connectivity index (χ3v) is 4.88. The molecule has 5 atom stereocenters. The van der Waals surface area contributed by atoms with Crippen LogP contribution in [0, 0.1) is 17.3 Å². The number of Topliss-reactive ketones (excluding diaryl/α,β-unsaturated/α-hetero) is 2. The van der Waals surface area contributed by atoms with Crippen LogP contribution >= 0.6 is 0 Å². The van der Waals surface area contributed by atoms with Crippen molar-refractivity contribution in [2.24, 2.45) is 17.3 Å². The zero-order valence-corrected chi connectivity index (χ0v) is 12.2. The highest BCUT2D eigenvalue weighted by Gasteiger charge is 2.58. The number of carbonyl (C=O) groups excluding carboxylic acids is 3. The molecule has 2 aliphatic carbocycles. The van der Waals surface area contributed by atoms with Crippen molar-refractivity contribution in [3.05, 3.63) is 12.2 Å². The number of hydrogen-bond donors (Lipinski definition) is 2. The molecule has 6 nitrogen and oxygen atoms in total. The van der Waals surface area contributed by atoms with E-state index in [1.807, 2.05) is 0 Å². The summed E-state index contributed by atoms with van der Waals surface area (Å²) in [4.78, 5) is 35.9. The standard InChI is InChI=1S/C15H20O6/c1-7(14(20)21-3)11-9(17)6-15(2)10(18)5-4-8(16)12(15)13(11)19/h9,11-13,17,19H,1,4-6H2,2-3H3. The maximum atomic E-state index is 12.2. The molecule has 0 spiro atoms. The molecule has 0 bridgehead atoms. The maximum absolute atomic E-state index is 12.2. The van der Waals surface area contributed by atoms with E-state index in [0.29, 0.717) is 0 Å². The number of hydrogen-bond acceptors (Lipinski definition) is 6. The number of esters is 1. The van der Waals surface area contributed by atoms with E-state index in [4.69, 9.17) is 0 Å². The molecule has 0 radical (unpaired) electrons. The van der Waals surface area contributed by atoms with Gasteiger partial charge in [-0.15, -0.1) is 0 Å². The number of fused-ring (bicyclic) bond motifs is 1. The zero-order valence-electron chi connectivity index (χ0n) is 12.2. The Balaban J connectivity index is 2.38. The van der Waals surface area contributed by atoms with Crippen LogP contribution in [0.1, 0.15) is 26.2 Å². The van der Waals surface area contributed by atoms with Crippen molar-refractivity contribution in [2.45, 2.75) is 38.4 Å². The molecule has 0 heterocycles. The molecule has 2 aliphatic rings. The highest BCUT2D eigenvalue weighted by atomic mass is 16.5. The molecular weight excluding hydrogens is 276 g/mol. The lowest BCUT2D eigenvalue weighted by Gasteiger charge is -2.50. The fourth-order valence-electron chi connectivity index (χ4n) is 3.72. The first kappa shape index (κ1) is 15.9. The minimum Gasteiger partial charge on any atom is -0.466 e. The predicted octanol–water partition coefficient (Wildman–Crippen LogP) is 0.0118. The summed E-state index contributed by atoms with van der Waals surface area (Å²) in [5.74, 6) is -2.98. The Bertz CT molecular complexity index is 510. The maximum Gasteiger partial charge on any atom is 0.333 e. The van der Waals surface area contributed by atoms with Crippen LogP contribution in [0.15, 0.2) is 12.2 Å². The first-order valence-corrected chi connectivity index (χ1v) is 6.93. The molecule has 6 heteroatoms. The quantitative estimate of drug-likeness (QED) is 0.550. The second kappa shape index (κ2) is 5.35. The Labute approximate surface area is 122 Å². The lowest BCUT2D eigenvalue weighted by atomic mass is 9.54. The Morgan fingerprint density at radius 1 is 1.33 bits per heavy atom. The minimum atomic E-state index is -1.32. The lowest BCUT2D eigenvalue weighted by Crippen LogP contribution is -2.60. The third kappa shape index (κ3) is 2.32. The highest BCUT2D eigenvalue weighted by molar-refractivity contribution is 5.99. The molecule has 2 saturated carbocycles. The van der Waals surface area contributed by atoms with Gasteiger partial charge in [-0.1, -0.05) is 13.5 Å². The van der Waals surface area contributed by atoms with Crippen LogP contribution in [0.2, 0.25) is 0 Å². The van der Waals surface area contributed by atoms with E-state index in [0.717, 1.165) is 0 Å². The molecule has 5 unspecified atom stereocenters. The molecule has 0 amide bonds. The van der Waals surface area contributed by atoms with Gasteiger partial charge in [0.2, 0.25) is 0 Å². The van der Waals surface area contributed by atoms with Gasteiger partial charge in [0.1, 0.15) is 11.6 Å². The molecule has 0 aromatic carbocycles. The van der Waals surface area contributed by atoms with Crippen LogP contribution < -0.4 is 0 Å². The summed E-state index contributed by atoms with van der Waals surface area (Å²) in [6.07, 6.45) is -2.19. The number of aliphatic hydroxyl groups is 2. The van der Waals surface area contributed by atoms with Gasteiger partial charge in [-0.3, -0.25) is 9.59 Å². The number of aliphatic hydroxyl groups excluding tert-OH is 2. The van der Waals surface area contributed by atoms with Crippen molar-refractivity contribution < 1.29 is 29.3 Å². The normalized spacial score (nSPS) is 39.6. The van der Waals surface area contributed by atoms with Crippen molar-refractivity contribution in [2.75, 3.05) is 7.11 Å². The summed E-state index contributed by atoms with van der Waals surface area (Å²) in [7, 11) is 1.18. The molecule has 2 N–H and O–H groups in total. The van der Waals surface area contributed by atoms with E-state index in [9.17, 15) is 24.6 Å². The second-order valence-electron chi connectivity index (χ2n) is 6.09. The van der Waals surface area contributed by atoms with Gasteiger partial charge in [-0.05, 0) is 6.42 Å². The summed E-state index contributed by atoms with van der Waals surface area (Å²) in [6, 6.07) is 0. The SMILES string of the molecule is C=C(C(=O)OC)C1C(O)CC2(C)C(=O)CCC(=O)C2C1O. The number of rotatable bonds is 2. The number of carbonyl (C=O) groups is 3. The first-order chi connectivity index (χ1) is 9.74. The first-order valence-electron chi connectivity index (χ1n) is 6.93. The average Bonchev–Trinajstić information content (AvgIpc) is 2.41. The lowest BCUT2D eigenvalue weighted by molar-refractivity contribution is -0.168. The predicted molar refractivity (Wildman–Crippen MR) is 72.1 cm³/mol. The van der Waals surface area contributed by atoms with Crippen molar-refractivity contribution in [3.8, 4) is 0 Å². The van der Waals surface area contributed by atoms with Crippen LogP contribution in [-0.4, -0.2) is 47.1 Å². The average molecular weight is 296 g/mol.